The van der Waals surface area contributed by atoms with Crippen molar-refractivity contribution in [3.05, 3.63) is 58.6 Å². The Morgan fingerprint density at radius 2 is 1.55 bits per heavy atom. The van der Waals surface area contributed by atoms with E-state index < -0.39 is 0 Å². The van der Waals surface area contributed by atoms with Crippen molar-refractivity contribution in [1.29, 1.82) is 0 Å². The van der Waals surface area contributed by atoms with Crippen molar-refractivity contribution in [3.63, 3.8) is 0 Å². The zero-order chi connectivity index (χ0) is 14.5. The molecule has 0 saturated carbocycles. The molecule has 0 aliphatic heterocycles. The molecule has 0 aromatic heterocycles. The third kappa shape index (κ3) is 3.59. The maximum atomic E-state index is 6.46. The summed E-state index contributed by atoms with van der Waals surface area (Å²) in [7, 11) is 3.26. The van der Waals surface area contributed by atoms with Gasteiger partial charge in [0.05, 0.1) is 19.6 Å². The molecule has 0 saturated heterocycles. The van der Waals surface area contributed by atoms with E-state index in [2.05, 4.69) is 0 Å². The average molecular weight is 311 g/mol. The average Bonchev–Trinajstić information content (AvgIpc) is 2.47. The van der Waals surface area contributed by atoms with Crippen molar-refractivity contribution < 1.29 is 9.47 Å². The van der Waals surface area contributed by atoms with E-state index in [9.17, 15) is 0 Å². The minimum Gasteiger partial charge on any atom is -0.497 e. The summed E-state index contributed by atoms with van der Waals surface area (Å²) in [4.78, 5) is 0. The second-order valence-corrected chi connectivity index (χ2v) is 5.34. The first-order valence-corrected chi connectivity index (χ1v) is 7.06. The Bertz CT molecular complexity index is 567. The van der Waals surface area contributed by atoms with Crippen LogP contribution in [0.3, 0.4) is 0 Å². The van der Waals surface area contributed by atoms with Crippen LogP contribution in [0.2, 0.25) is 5.02 Å². The standard InChI is InChI=1S/C16H16Cl2O2/c1-19-12-5-3-11(4-6-12)9-15(17)14-8-7-13(20-2)10-16(14)18/h3-8,10,15H,9H2,1-2H3. The molecule has 0 N–H and O–H groups in total. The molecule has 20 heavy (non-hydrogen) atoms. The lowest BCUT2D eigenvalue weighted by Gasteiger charge is -2.13. The summed E-state index contributed by atoms with van der Waals surface area (Å²) in [6.07, 6.45) is 0.706. The van der Waals surface area contributed by atoms with Gasteiger partial charge in [-0.15, -0.1) is 11.6 Å². The Hall–Kier alpha value is -1.38. The molecule has 0 aliphatic rings. The van der Waals surface area contributed by atoms with Gasteiger partial charge < -0.3 is 9.47 Å². The third-order valence-electron chi connectivity index (χ3n) is 3.12. The van der Waals surface area contributed by atoms with E-state index >= 15 is 0 Å². The second kappa shape index (κ2) is 6.87. The largest absolute Gasteiger partial charge is 0.497 e. The first-order valence-electron chi connectivity index (χ1n) is 6.24. The molecule has 1 atom stereocenters. The summed E-state index contributed by atoms with van der Waals surface area (Å²) < 4.78 is 10.3. The van der Waals surface area contributed by atoms with E-state index in [1.165, 1.54) is 0 Å². The molecule has 0 bridgehead atoms. The second-order valence-electron chi connectivity index (χ2n) is 4.41. The SMILES string of the molecule is COc1ccc(CC(Cl)c2ccc(OC)cc2Cl)cc1. The van der Waals surface area contributed by atoms with Crippen LogP contribution in [0.1, 0.15) is 16.5 Å². The van der Waals surface area contributed by atoms with E-state index in [1.807, 2.05) is 36.4 Å². The maximum Gasteiger partial charge on any atom is 0.120 e. The van der Waals surface area contributed by atoms with Gasteiger partial charge in [0.15, 0.2) is 0 Å². The molecule has 106 valence electrons. The van der Waals surface area contributed by atoms with Gasteiger partial charge in [-0.05, 0) is 41.8 Å². The molecule has 2 nitrogen and oxygen atoms in total. The Balaban J connectivity index is 2.12. The number of halogens is 2. The molecule has 2 rings (SSSR count). The van der Waals surface area contributed by atoms with E-state index in [1.54, 1.807) is 20.3 Å². The van der Waals surface area contributed by atoms with Gasteiger partial charge in [-0.3, -0.25) is 0 Å². The first-order chi connectivity index (χ1) is 9.63. The van der Waals surface area contributed by atoms with Gasteiger partial charge in [-0.25, -0.2) is 0 Å². The lowest BCUT2D eigenvalue weighted by molar-refractivity contribution is 0.414. The molecule has 0 aliphatic carbocycles. The maximum absolute atomic E-state index is 6.46. The highest BCUT2D eigenvalue weighted by Crippen LogP contribution is 2.33. The minimum atomic E-state index is -0.179. The van der Waals surface area contributed by atoms with E-state index in [-0.39, 0.29) is 5.38 Å². The molecule has 2 aromatic carbocycles. The Morgan fingerprint density at radius 3 is 2.10 bits per heavy atom. The molecular formula is C16H16Cl2O2. The van der Waals surface area contributed by atoms with Crippen molar-refractivity contribution in [2.75, 3.05) is 14.2 Å². The van der Waals surface area contributed by atoms with Crippen molar-refractivity contribution >= 4 is 23.2 Å². The molecule has 0 heterocycles. The van der Waals surface area contributed by atoms with Gasteiger partial charge in [0, 0.05) is 5.02 Å². The highest BCUT2D eigenvalue weighted by Gasteiger charge is 2.13. The number of hydrogen-bond donors (Lipinski definition) is 0. The van der Waals surface area contributed by atoms with Crippen LogP contribution in [0.25, 0.3) is 0 Å². The number of rotatable bonds is 5. The summed E-state index contributed by atoms with van der Waals surface area (Å²) in [6, 6.07) is 13.4. The van der Waals surface area contributed by atoms with Crippen molar-refractivity contribution in [1.82, 2.24) is 0 Å². The zero-order valence-electron chi connectivity index (χ0n) is 11.4. The zero-order valence-corrected chi connectivity index (χ0v) is 12.9. The fraction of sp³-hybridized carbons (Fsp3) is 0.250. The van der Waals surface area contributed by atoms with E-state index in [4.69, 9.17) is 32.7 Å². The normalized spacial score (nSPS) is 12.0. The summed E-state index contributed by atoms with van der Waals surface area (Å²) in [5.41, 5.74) is 2.04. The lowest BCUT2D eigenvalue weighted by atomic mass is 10.0. The van der Waals surface area contributed by atoms with Crippen LogP contribution in [0.5, 0.6) is 11.5 Å². The fourth-order valence-electron chi connectivity index (χ4n) is 1.97. The number of benzene rings is 2. The van der Waals surface area contributed by atoms with Crippen molar-refractivity contribution in [2.24, 2.45) is 0 Å². The van der Waals surface area contributed by atoms with Gasteiger partial charge in [0.1, 0.15) is 11.5 Å². The van der Waals surface area contributed by atoms with E-state index in [0.29, 0.717) is 11.4 Å². The topological polar surface area (TPSA) is 18.5 Å². The number of hydrogen-bond acceptors (Lipinski definition) is 2. The molecule has 0 fully saturated rings. The summed E-state index contributed by atoms with van der Waals surface area (Å²) in [5, 5.41) is 0.444. The molecule has 2 aromatic rings. The molecule has 0 radical (unpaired) electrons. The molecule has 4 heteroatoms. The highest BCUT2D eigenvalue weighted by atomic mass is 35.5. The van der Waals surface area contributed by atoms with E-state index in [0.717, 1.165) is 22.6 Å². The number of alkyl halides is 1. The fourth-order valence-corrected chi connectivity index (χ4v) is 2.69. The Kier molecular flexibility index (Phi) is 5.16. The van der Waals surface area contributed by atoms with Crippen LogP contribution in [0.15, 0.2) is 42.5 Å². The molecule has 1 unspecified atom stereocenters. The number of methoxy groups -OCH3 is 2. The Labute approximate surface area is 129 Å². The lowest BCUT2D eigenvalue weighted by Crippen LogP contribution is -1.97. The summed E-state index contributed by atoms with van der Waals surface area (Å²) in [5.74, 6) is 1.56. The predicted molar refractivity (Wildman–Crippen MR) is 83.3 cm³/mol. The predicted octanol–water partition coefficient (Wildman–Crippen LogP) is 4.88. The van der Waals surface area contributed by atoms with Gasteiger partial charge in [-0.2, -0.15) is 0 Å². The van der Waals surface area contributed by atoms with Crippen molar-refractivity contribution in [3.8, 4) is 11.5 Å². The highest BCUT2D eigenvalue weighted by molar-refractivity contribution is 6.33. The Morgan fingerprint density at radius 1 is 0.950 bits per heavy atom. The summed E-state index contributed by atoms with van der Waals surface area (Å²) in [6.45, 7) is 0. The molecule has 0 amide bonds. The smallest absolute Gasteiger partial charge is 0.120 e. The van der Waals surface area contributed by atoms with Crippen LogP contribution in [-0.2, 0) is 6.42 Å². The number of ether oxygens (including phenoxy) is 2. The van der Waals surface area contributed by atoms with Crippen LogP contribution in [0.4, 0.5) is 0 Å². The van der Waals surface area contributed by atoms with Crippen LogP contribution < -0.4 is 9.47 Å². The van der Waals surface area contributed by atoms with Crippen LogP contribution in [0, 0.1) is 0 Å². The third-order valence-corrected chi connectivity index (χ3v) is 3.84. The van der Waals surface area contributed by atoms with Crippen molar-refractivity contribution in [2.45, 2.75) is 11.8 Å². The molecule has 0 spiro atoms. The monoisotopic (exact) mass is 310 g/mol. The van der Waals surface area contributed by atoms with Gasteiger partial charge in [-0.1, -0.05) is 29.8 Å². The first kappa shape index (κ1) is 15.0. The van der Waals surface area contributed by atoms with Crippen LogP contribution in [-0.4, -0.2) is 14.2 Å². The minimum absolute atomic E-state index is 0.179. The van der Waals surface area contributed by atoms with Gasteiger partial charge >= 0.3 is 0 Å². The summed E-state index contributed by atoms with van der Waals surface area (Å²) >= 11 is 12.7. The quantitative estimate of drug-likeness (QED) is 0.733. The van der Waals surface area contributed by atoms with Crippen LogP contribution >= 0.6 is 23.2 Å². The molecular weight excluding hydrogens is 295 g/mol. The van der Waals surface area contributed by atoms with Gasteiger partial charge in [0.2, 0.25) is 0 Å². The van der Waals surface area contributed by atoms with Gasteiger partial charge in [0.25, 0.3) is 0 Å².